The van der Waals surface area contributed by atoms with Crippen molar-refractivity contribution in [2.75, 3.05) is 7.05 Å². The van der Waals surface area contributed by atoms with E-state index in [2.05, 4.69) is 52.1 Å². The van der Waals surface area contributed by atoms with Crippen LogP contribution >= 0.6 is 22.7 Å². The Morgan fingerprint density at radius 1 is 1.22 bits per heavy atom. The molecule has 0 radical (unpaired) electrons. The highest BCUT2D eigenvalue weighted by Gasteiger charge is 2.14. The number of hydrogen-bond acceptors (Lipinski definition) is 5. The summed E-state index contributed by atoms with van der Waals surface area (Å²) in [5.41, 5.74) is 1.20. The number of rotatable bonds is 3. The molecule has 0 fully saturated rings. The van der Waals surface area contributed by atoms with Crippen molar-refractivity contribution in [3.63, 3.8) is 0 Å². The van der Waals surface area contributed by atoms with E-state index in [1.807, 2.05) is 7.05 Å². The molecule has 0 spiro atoms. The quantitative estimate of drug-likeness (QED) is 0.792. The minimum Gasteiger partial charge on any atom is -0.311 e. The van der Waals surface area contributed by atoms with Gasteiger partial charge in [0, 0.05) is 21.0 Å². The fourth-order valence-electron chi connectivity index (χ4n) is 1.79. The van der Waals surface area contributed by atoms with Crippen molar-refractivity contribution in [1.29, 1.82) is 0 Å². The number of thiophene rings is 1. The lowest BCUT2D eigenvalue weighted by atomic mass is 10.2. The number of fused-ring (bicyclic) bond motifs is 1. The third kappa shape index (κ3) is 1.94. The van der Waals surface area contributed by atoms with Crippen LogP contribution in [0.1, 0.15) is 18.0 Å². The highest BCUT2D eigenvalue weighted by molar-refractivity contribution is 7.19. The molecular weight excluding hydrogens is 262 g/mol. The molecule has 1 unspecified atom stereocenters. The molecule has 92 valence electrons. The van der Waals surface area contributed by atoms with Gasteiger partial charge in [-0.15, -0.1) is 21.5 Å². The van der Waals surface area contributed by atoms with Crippen molar-refractivity contribution in [2.24, 2.45) is 0 Å². The Kier molecular flexibility index (Phi) is 3.11. The Morgan fingerprint density at radius 2 is 2.06 bits per heavy atom. The monoisotopic (exact) mass is 275 g/mol. The van der Waals surface area contributed by atoms with Gasteiger partial charge in [-0.1, -0.05) is 29.5 Å². The Morgan fingerprint density at radius 3 is 2.89 bits per heavy atom. The topological polar surface area (TPSA) is 37.8 Å². The van der Waals surface area contributed by atoms with E-state index in [1.54, 1.807) is 22.7 Å². The van der Waals surface area contributed by atoms with Gasteiger partial charge in [0.1, 0.15) is 10.0 Å². The van der Waals surface area contributed by atoms with Gasteiger partial charge in [-0.3, -0.25) is 0 Å². The van der Waals surface area contributed by atoms with Gasteiger partial charge in [-0.2, -0.15) is 0 Å². The molecule has 3 rings (SSSR count). The zero-order valence-corrected chi connectivity index (χ0v) is 11.8. The van der Waals surface area contributed by atoms with Crippen molar-refractivity contribution < 1.29 is 0 Å². The number of aromatic nitrogens is 2. The molecule has 0 bridgehead atoms. The predicted octanol–water partition coefficient (Wildman–Crippen LogP) is 3.70. The molecule has 2 aromatic heterocycles. The first kappa shape index (κ1) is 11.8. The molecule has 1 atom stereocenters. The molecule has 0 aliphatic heterocycles. The highest BCUT2D eigenvalue weighted by Crippen LogP contribution is 2.35. The molecule has 1 N–H and O–H groups in total. The van der Waals surface area contributed by atoms with E-state index in [9.17, 15) is 0 Å². The second-order valence-electron chi connectivity index (χ2n) is 4.10. The summed E-state index contributed by atoms with van der Waals surface area (Å²) in [5, 5.41) is 17.2. The summed E-state index contributed by atoms with van der Waals surface area (Å²) < 4.78 is 1.30. The fourth-order valence-corrected chi connectivity index (χ4v) is 3.74. The van der Waals surface area contributed by atoms with E-state index in [4.69, 9.17) is 0 Å². The van der Waals surface area contributed by atoms with E-state index < -0.39 is 0 Å². The first-order valence-electron chi connectivity index (χ1n) is 5.77. The number of nitrogens with zero attached hydrogens (tertiary/aromatic N) is 2. The van der Waals surface area contributed by atoms with Crippen molar-refractivity contribution >= 4 is 32.8 Å². The summed E-state index contributed by atoms with van der Waals surface area (Å²) >= 11 is 3.42. The lowest BCUT2D eigenvalue weighted by Crippen LogP contribution is -2.11. The van der Waals surface area contributed by atoms with Gasteiger partial charge in [-0.05, 0) is 20.0 Å². The van der Waals surface area contributed by atoms with Crippen molar-refractivity contribution in [3.05, 3.63) is 34.7 Å². The first-order chi connectivity index (χ1) is 8.79. The van der Waals surface area contributed by atoms with Crippen LogP contribution in [0.3, 0.4) is 0 Å². The van der Waals surface area contributed by atoms with Crippen LogP contribution in [0.25, 0.3) is 20.7 Å². The Balaban J connectivity index is 2.07. The molecule has 0 aliphatic rings. The molecule has 0 amide bonds. The second-order valence-corrected chi connectivity index (χ2v) is 6.02. The van der Waals surface area contributed by atoms with E-state index in [0.717, 1.165) is 10.0 Å². The van der Waals surface area contributed by atoms with Crippen LogP contribution < -0.4 is 5.32 Å². The van der Waals surface area contributed by atoms with Gasteiger partial charge in [-0.25, -0.2) is 0 Å². The van der Waals surface area contributed by atoms with Gasteiger partial charge < -0.3 is 5.32 Å². The van der Waals surface area contributed by atoms with Gasteiger partial charge in [0.2, 0.25) is 0 Å². The molecule has 2 heterocycles. The van der Waals surface area contributed by atoms with E-state index in [0.29, 0.717) is 0 Å². The van der Waals surface area contributed by atoms with E-state index >= 15 is 0 Å². The maximum Gasteiger partial charge on any atom is 0.149 e. The van der Waals surface area contributed by atoms with E-state index in [1.165, 1.54) is 15.6 Å². The minimum absolute atomic E-state index is 0.251. The summed E-state index contributed by atoms with van der Waals surface area (Å²) in [4.78, 5) is 0. The molecule has 0 saturated heterocycles. The number of hydrogen-bond donors (Lipinski definition) is 1. The molecule has 5 heteroatoms. The van der Waals surface area contributed by atoms with Crippen molar-refractivity contribution in [1.82, 2.24) is 15.5 Å². The summed E-state index contributed by atoms with van der Waals surface area (Å²) in [6.45, 7) is 2.09. The smallest absolute Gasteiger partial charge is 0.149 e. The normalized spacial score (nSPS) is 13.0. The fraction of sp³-hybridized carbons (Fsp3) is 0.231. The summed E-state index contributed by atoms with van der Waals surface area (Å²) in [5.74, 6) is 0. The largest absolute Gasteiger partial charge is 0.311 e. The maximum atomic E-state index is 4.31. The molecular formula is C13H13N3S2. The van der Waals surface area contributed by atoms with E-state index in [-0.39, 0.29) is 6.04 Å². The first-order valence-corrected chi connectivity index (χ1v) is 7.46. The summed E-state index contributed by atoms with van der Waals surface area (Å²) in [6, 6.07) is 8.67. The molecule has 3 nitrogen and oxygen atoms in total. The van der Waals surface area contributed by atoms with Crippen LogP contribution in [0.2, 0.25) is 0 Å². The number of nitrogens with one attached hydrogen (secondary N) is 1. The second kappa shape index (κ2) is 4.76. The lowest BCUT2D eigenvalue weighted by molar-refractivity contribution is 0.640. The van der Waals surface area contributed by atoms with Gasteiger partial charge in [0.15, 0.2) is 0 Å². The number of benzene rings is 1. The standard InChI is InChI=1S/C13H13N3S2/c1-8(14-2)12-15-16-13(18-12)10-7-17-11-6-4-3-5-9(10)11/h3-8,14H,1-2H3. The summed E-state index contributed by atoms with van der Waals surface area (Å²) in [7, 11) is 1.94. The average Bonchev–Trinajstić information content (AvgIpc) is 3.03. The maximum absolute atomic E-state index is 4.31. The lowest BCUT2D eigenvalue weighted by Gasteiger charge is -2.02. The molecule has 18 heavy (non-hydrogen) atoms. The molecule has 3 aromatic rings. The molecule has 1 aromatic carbocycles. The predicted molar refractivity (Wildman–Crippen MR) is 78.2 cm³/mol. The average molecular weight is 275 g/mol. The summed E-state index contributed by atoms with van der Waals surface area (Å²) in [6.07, 6.45) is 0. The van der Waals surface area contributed by atoms with Crippen LogP contribution in [-0.4, -0.2) is 17.2 Å². The van der Waals surface area contributed by atoms with Crippen LogP contribution in [0.5, 0.6) is 0 Å². The SMILES string of the molecule is CNC(C)c1nnc(-c2csc3ccccc23)s1. The molecule has 0 saturated carbocycles. The minimum atomic E-state index is 0.251. The van der Waals surface area contributed by atoms with Crippen LogP contribution in [0, 0.1) is 0 Å². The Labute approximate surface area is 114 Å². The third-order valence-corrected chi connectivity index (χ3v) is 5.06. The Hall–Kier alpha value is -1.30. The van der Waals surface area contributed by atoms with Crippen molar-refractivity contribution in [3.8, 4) is 10.6 Å². The van der Waals surface area contributed by atoms with Gasteiger partial charge in [0.05, 0.1) is 6.04 Å². The van der Waals surface area contributed by atoms with Crippen LogP contribution in [0.4, 0.5) is 0 Å². The van der Waals surface area contributed by atoms with Crippen molar-refractivity contribution in [2.45, 2.75) is 13.0 Å². The third-order valence-electron chi connectivity index (χ3n) is 2.96. The van der Waals surface area contributed by atoms with Crippen LogP contribution in [0.15, 0.2) is 29.6 Å². The van der Waals surface area contributed by atoms with Gasteiger partial charge in [0.25, 0.3) is 0 Å². The Bertz CT molecular complexity index is 671. The highest BCUT2D eigenvalue weighted by atomic mass is 32.1. The van der Waals surface area contributed by atoms with Crippen LogP contribution in [-0.2, 0) is 0 Å². The zero-order chi connectivity index (χ0) is 12.5. The van der Waals surface area contributed by atoms with Gasteiger partial charge >= 0.3 is 0 Å². The molecule has 0 aliphatic carbocycles. The zero-order valence-electron chi connectivity index (χ0n) is 10.2.